The minimum absolute atomic E-state index is 0.0172. The van der Waals surface area contributed by atoms with Gasteiger partial charge in [-0.3, -0.25) is 4.99 Å². The van der Waals surface area contributed by atoms with Gasteiger partial charge in [0.05, 0.1) is 6.04 Å². The van der Waals surface area contributed by atoms with Crippen LogP contribution >= 0.6 is 11.6 Å². The number of halogens is 1. The van der Waals surface area contributed by atoms with Gasteiger partial charge in [-0.2, -0.15) is 0 Å². The number of benzene rings is 4. The molecule has 0 aromatic heterocycles. The van der Waals surface area contributed by atoms with E-state index >= 15 is 0 Å². The van der Waals surface area contributed by atoms with Crippen molar-refractivity contribution in [2.75, 3.05) is 0 Å². The van der Waals surface area contributed by atoms with Crippen molar-refractivity contribution in [2.24, 2.45) is 10.9 Å². The summed E-state index contributed by atoms with van der Waals surface area (Å²) in [6, 6.07) is 30.1. The topological polar surface area (TPSA) is 12.4 Å². The van der Waals surface area contributed by atoms with Crippen molar-refractivity contribution in [1.29, 1.82) is 0 Å². The molecule has 4 aromatic carbocycles. The molecule has 0 saturated heterocycles. The number of rotatable bonds is 2. The molecule has 2 atom stereocenters. The van der Waals surface area contributed by atoms with Crippen LogP contribution in [0.4, 0.5) is 0 Å². The molecule has 5 rings (SSSR count). The van der Waals surface area contributed by atoms with Crippen LogP contribution < -0.4 is 0 Å². The molecule has 0 N–H and O–H groups in total. The lowest BCUT2D eigenvalue weighted by Crippen LogP contribution is -2.15. The van der Waals surface area contributed by atoms with Gasteiger partial charge in [-0.25, -0.2) is 0 Å². The second-order valence-corrected chi connectivity index (χ2v) is 7.81. The van der Waals surface area contributed by atoms with E-state index < -0.39 is 0 Å². The van der Waals surface area contributed by atoms with Crippen molar-refractivity contribution in [3.05, 3.63) is 102 Å². The van der Waals surface area contributed by atoms with Crippen molar-refractivity contribution >= 4 is 43.9 Å². The normalized spacial score (nSPS) is 19.5. The zero-order valence-corrected chi connectivity index (χ0v) is 16.4. The smallest absolute Gasteiger partial charge is 0.124 e. The molecule has 0 radical (unpaired) electrons. The van der Waals surface area contributed by atoms with Gasteiger partial charge in [0.2, 0.25) is 0 Å². The molecule has 1 nitrogen and oxygen atoms in total. The molecule has 0 saturated carbocycles. The van der Waals surface area contributed by atoms with Gasteiger partial charge in [0.25, 0.3) is 0 Å². The molecular formula is C26H20ClN. The first kappa shape index (κ1) is 17.2. The number of fused-ring (bicyclic) bond motifs is 3. The Morgan fingerprint density at radius 1 is 0.750 bits per heavy atom. The molecule has 0 aliphatic carbocycles. The van der Waals surface area contributed by atoms with E-state index in [1.807, 2.05) is 12.1 Å². The number of allylic oxidation sites excluding steroid dienone is 1. The maximum atomic E-state index is 6.44. The molecule has 0 fully saturated rings. The Bertz CT molecular complexity index is 1240. The van der Waals surface area contributed by atoms with Crippen molar-refractivity contribution in [3.8, 4) is 0 Å². The molecule has 2 unspecified atom stereocenters. The van der Waals surface area contributed by atoms with Gasteiger partial charge in [0, 0.05) is 5.92 Å². The van der Waals surface area contributed by atoms with Gasteiger partial charge in [-0.05, 0) is 50.4 Å². The minimum atomic E-state index is 0.0172. The lowest BCUT2D eigenvalue weighted by atomic mass is 9.83. The molecule has 1 aliphatic rings. The number of aliphatic imine (C=N–C) groups is 1. The predicted molar refractivity (Wildman–Crippen MR) is 121 cm³/mol. The van der Waals surface area contributed by atoms with E-state index in [1.165, 1.54) is 38.2 Å². The van der Waals surface area contributed by atoms with Crippen LogP contribution in [0, 0.1) is 5.92 Å². The van der Waals surface area contributed by atoms with E-state index in [0.29, 0.717) is 5.17 Å². The summed E-state index contributed by atoms with van der Waals surface area (Å²) in [4.78, 5) is 4.78. The molecule has 136 valence electrons. The van der Waals surface area contributed by atoms with Crippen LogP contribution in [0.2, 0.25) is 0 Å². The van der Waals surface area contributed by atoms with E-state index in [-0.39, 0.29) is 12.0 Å². The molecule has 0 bridgehead atoms. The summed E-state index contributed by atoms with van der Waals surface area (Å²) in [5.74, 6) is 0.253. The van der Waals surface area contributed by atoms with Crippen molar-refractivity contribution in [2.45, 2.75) is 13.0 Å². The summed E-state index contributed by atoms with van der Waals surface area (Å²) in [6.45, 7) is 2.24. The molecular weight excluding hydrogens is 362 g/mol. The Balaban J connectivity index is 1.60. The SMILES string of the molecule is CC1C(c2ccccc2)=CC(Cl)=NC1c1ccc2c(ccc3ccccc32)c1. The van der Waals surface area contributed by atoms with Crippen molar-refractivity contribution in [3.63, 3.8) is 0 Å². The average molecular weight is 382 g/mol. The number of hydrogen-bond donors (Lipinski definition) is 0. The Kier molecular flexibility index (Phi) is 4.26. The Hall–Kier alpha value is -2.90. The van der Waals surface area contributed by atoms with Crippen molar-refractivity contribution < 1.29 is 0 Å². The van der Waals surface area contributed by atoms with E-state index in [9.17, 15) is 0 Å². The lowest BCUT2D eigenvalue weighted by molar-refractivity contribution is 0.581. The quantitative estimate of drug-likeness (QED) is 0.320. The van der Waals surface area contributed by atoms with E-state index in [2.05, 4.69) is 85.8 Å². The summed E-state index contributed by atoms with van der Waals surface area (Å²) in [5.41, 5.74) is 3.65. The highest BCUT2D eigenvalue weighted by Crippen LogP contribution is 2.40. The van der Waals surface area contributed by atoms with E-state index in [1.54, 1.807) is 0 Å². The fraction of sp³-hybridized carbons (Fsp3) is 0.115. The second-order valence-electron chi connectivity index (χ2n) is 7.42. The Labute approximate surface area is 170 Å². The van der Waals surface area contributed by atoms with Crippen LogP contribution in [-0.4, -0.2) is 5.17 Å². The third-order valence-corrected chi connectivity index (χ3v) is 5.93. The van der Waals surface area contributed by atoms with Gasteiger partial charge in [0.1, 0.15) is 5.17 Å². The fourth-order valence-corrected chi connectivity index (χ4v) is 4.49. The first-order valence-corrected chi connectivity index (χ1v) is 10.0. The maximum Gasteiger partial charge on any atom is 0.124 e. The van der Waals surface area contributed by atoms with Gasteiger partial charge < -0.3 is 0 Å². The Morgan fingerprint density at radius 3 is 2.32 bits per heavy atom. The average Bonchev–Trinajstić information content (AvgIpc) is 2.75. The number of dihydropyridines is 1. The third-order valence-electron chi connectivity index (χ3n) is 5.72. The lowest BCUT2D eigenvalue weighted by Gasteiger charge is -2.28. The molecule has 0 spiro atoms. The maximum absolute atomic E-state index is 6.44. The highest BCUT2D eigenvalue weighted by atomic mass is 35.5. The third kappa shape index (κ3) is 2.93. The highest BCUT2D eigenvalue weighted by Gasteiger charge is 2.27. The summed E-state index contributed by atoms with van der Waals surface area (Å²) >= 11 is 6.44. The molecule has 2 heteroatoms. The van der Waals surface area contributed by atoms with Crippen LogP contribution in [0.1, 0.15) is 24.1 Å². The minimum Gasteiger partial charge on any atom is -0.264 e. The van der Waals surface area contributed by atoms with Crippen molar-refractivity contribution in [1.82, 2.24) is 0 Å². The van der Waals surface area contributed by atoms with Gasteiger partial charge >= 0.3 is 0 Å². The molecule has 1 aliphatic heterocycles. The zero-order valence-electron chi connectivity index (χ0n) is 15.6. The van der Waals surface area contributed by atoms with Crippen LogP contribution in [0.5, 0.6) is 0 Å². The van der Waals surface area contributed by atoms with Gasteiger partial charge in [0.15, 0.2) is 0 Å². The summed E-state index contributed by atoms with van der Waals surface area (Å²) in [6.07, 6.45) is 2.01. The predicted octanol–water partition coefficient (Wildman–Crippen LogP) is 7.40. The van der Waals surface area contributed by atoms with Gasteiger partial charge in [-0.1, -0.05) is 97.4 Å². The zero-order chi connectivity index (χ0) is 19.1. The fourth-order valence-electron chi connectivity index (χ4n) is 4.27. The number of nitrogens with zero attached hydrogens (tertiary/aromatic N) is 1. The molecule has 4 aromatic rings. The van der Waals surface area contributed by atoms with Crippen LogP contribution in [0.3, 0.4) is 0 Å². The first-order chi connectivity index (χ1) is 13.7. The Morgan fingerprint density at radius 2 is 1.46 bits per heavy atom. The van der Waals surface area contributed by atoms with Crippen LogP contribution in [0.25, 0.3) is 27.1 Å². The summed E-state index contributed by atoms with van der Waals surface area (Å²) in [7, 11) is 0. The monoisotopic (exact) mass is 381 g/mol. The highest BCUT2D eigenvalue weighted by molar-refractivity contribution is 6.69. The molecule has 0 amide bonds. The van der Waals surface area contributed by atoms with Crippen LogP contribution in [0.15, 0.2) is 96.0 Å². The standard InChI is InChI=1S/C26H20ClN/c1-17-24(18-7-3-2-4-8-18)16-25(27)28-26(17)21-13-14-23-20(15-21)12-11-19-9-5-6-10-22(19)23/h2-17,26H,1H3. The summed E-state index contributed by atoms with van der Waals surface area (Å²) < 4.78 is 0. The van der Waals surface area contributed by atoms with Crippen LogP contribution in [-0.2, 0) is 0 Å². The van der Waals surface area contributed by atoms with E-state index in [0.717, 1.165) is 0 Å². The van der Waals surface area contributed by atoms with Gasteiger partial charge in [-0.15, -0.1) is 0 Å². The number of hydrogen-bond acceptors (Lipinski definition) is 1. The molecule has 1 heterocycles. The second kappa shape index (κ2) is 6.92. The molecule has 28 heavy (non-hydrogen) atoms. The van der Waals surface area contributed by atoms with E-state index in [4.69, 9.17) is 16.6 Å². The summed E-state index contributed by atoms with van der Waals surface area (Å²) in [5, 5.41) is 5.64. The first-order valence-electron chi connectivity index (χ1n) is 9.62. The largest absolute Gasteiger partial charge is 0.264 e.